The summed E-state index contributed by atoms with van der Waals surface area (Å²) >= 11 is 1.42. The van der Waals surface area contributed by atoms with Gasteiger partial charge in [-0.3, -0.25) is 4.98 Å². The fraction of sp³-hybridized carbons (Fsp3) is 0.250. The van der Waals surface area contributed by atoms with Crippen molar-refractivity contribution < 1.29 is 13.9 Å². The van der Waals surface area contributed by atoms with E-state index in [4.69, 9.17) is 0 Å². The highest BCUT2D eigenvalue weighted by atomic mass is 32.1. The van der Waals surface area contributed by atoms with E-state index in [2.05, 4.69) is 25.5 Å². The highest BCUT2D eigenvalue weighted by Crippen LogP contribution is 2.29. The van der Waals surface area contributed by atoms with Gasteiger partial charge in [0.05, 0.1) is 5.69 Å². The Balaban J connectivity index is 1.75. The SMILES string of the molecule is OC(C(F)c1ccc(-c2nccs2)cn1)C(F)n1cnnn1. The first kappa shape index (κ1) is 14.6. The minimum absolute atomic E-state index is 0.0801. The van der Waals surface area contributed by atoms with Crippen LogP contribution >= 0.6 is 11.3 Å². The lowest BCUT2D eigenvalue weighted by molar-refractivity contribution is -0.0294. The van der Waals surface area contributed by atoms with Crippen molar-refractivity contribution in [2.75, 3.05) is 0 Å². The lowest BCUT2D eigenvalue weighted by Crippen LogP contribution is -2.26. The van der Waals surface area contributed by atoms with Crippen molar-refractivity contribution in [2.45, 2.75) is 18.6 Å². The Hall–Kier alpha value is -2.33. The first-order chi connectivity index (χ1) is 10.7. The van der Waals surface area contributed by atoms with Crippen LogP contribution in [0.2, 0.25) is 0 Å². The zero-order valence-corrected chi connectivity index (χ0v) is 11.8. The number of tetrazole rings is 1. The summed E-state index contributed by atoms with van der Waals surface area (Å²) in [5, 5.41) is 22.1. The van der Waals surface area contributed by atoms with E-state index in [0.717, 1.165) is 16.9 Å². The zero-order chi connectivity index (χ0) is 15.5. The molecule has 0 aromatic carbocycles. The summed E-state index contributed by atoms with van der Waals surface area (Å²) in [5.41, 5.74) is 0.640. The van der Waals surface area contributed by atoms with E-state index in [1.165, 1.54) is 23.6 Å². The van der Waals surface area contributed by atoms with E-state index in [1.807, 2.05) is 5.38 Å². The maximum atomic E-state index is 14.2. The Morgan fingerprint density at radius 2 is 2.09 bits per heavy atom. The highest BCUT2D eigenvalue weighted by Gasteiger charge is 2.32. The Morgan fingerprint density at radius 3 is 2.68 bits per heavy atom. The van der Waals surface area contributed by atoms with E-state index in [-0.39, 0.29) is 5.69 Å². The topological polar surface area (TPSA) is 89.6 Å². The molecular formula is C12H10F2N6OS. The maximum absolute atomic E-state index is 14.2. The molecule has 0 aliphatic rings. The molecule has 0 bridgehead atoms. The first-order valence-electron chi connectivity index (χ1n) is 6.21. The molecule has 0 aliphatic carbocycles. The Morgan fingerprint density at radius 1 is 1.23 bits per heavy atom. The zero-order valence-electron chi connectivity index (χ0n) is 11.0. The number of thiazole rings is 1. The first-order valence-corrected chi connectivity index (χ1v) is 7.09. The molecule has 0 fully saturated rings. The third-order valence-corrected chi connectivity index (χ3v) is 3.77. The van der Waals surface area contributed by atoms with Crippen molar-refractivity contribution in [1.82, 2.24) is 30.2 Å². The number of pyridine rings is 1. The summed E-state index contributed by atoms with van der Waals surface area (Å²) in [6.45, 7) is 0. The highest BCUT2D eigenvalue weighted by molar-refractivity contribution is 7.13. The van der Waals surface area contributed by atoms with E-state index in [0.29, 0.717) is 4.68 Å². The third-order valence-electron chi connectivity index (χ3n) is 2.95. The molecule has 114 valence electrons. The number of rotatable bonds is 5. The van der Waals surface area contributed by atoms with Gasteiger partial charge >= 0.3 is 0 Å². The number of nitrogens with zero attached hydrogens (tertiary/aromatic N) is 6. The van der Waals surface area contributed by atoms with Crippen molar-refractivity contribution in [3.05, 3.63) is 41.9 Å². The van der Waals surface area contributed by atoms with Crippen LogP contribution in [0.25, 0.3) is 10.6 Å². The molecule has 3 aromatic heterocycles. The Bertz CT molecular complexity index is 706. The van der Waals surface area contributed by atoms with Crippen molar-refractivity contribution in [1.29, 1.82) is 0 Å². The Kier molecular flexibility index (Phi) is 4.11. The van der Waals surface area contributed by atoms with Crippen LogP contribution in [0.15, 0.2) is 36.2 Å². The number of hydrogen-bond donors (Lipinski definition) is 1. The fourth-order valence-corrected chi connectivity index (χ4v) is 2.44. The van der Waals surface area contributed by atoms with Gasteiger partial charge in [-0.2, -0.15) is 4.68 Å². The molecule has 0 amide bonds. The largest absolute Gasteiger partial charge is 0.385 e. The molecule has 3 heterocycles. The van der Waals surface area contributed by atoms with E-state index >= 15 is 0 Å². The summed E-state index contributed by atoms with van der Waals surface area (Å²) in [5.74, 6) is 0. The smallest absolute Gasteiger partial charge is 0.224 e. The van der Waals surface area contributed by atoms with Gasteiger partial charge in [0, 0.05) is 23.3 Å². The molecule has 3 rings (SSSR count). The molecule has 0 saturated heterocycles. The molecule has 0 radical (unpaired) electrons. The van der Waals surface area contributed by atoms with Crippen molar-refractivity contribution in [3.63, 3.8) is 0 Å². The number of aliphatic hydroxyl groups excluding tert-OH is 1. The second-order valence-electron chi connectivity index (χ2n) is 4.36. The van der Waals surface area contributed by atoms with Gasteiger partial charge in [0.25, 0.3) is 0 Å². The summed E-state index contributed by atoms with van der Waals surface area (Å²) < 4.78 is 28.7. The molecule has 0 spiro atoms. The molecular weight excluding hydrogens is 314 g/mol. The minimum Gasteiger partial charge on any atom is -0.385 e. The quantitative estimate of drug-likeness (QED) is 0.769. The third kappa shape index (κ3) is 2.83. The van der Waals surface area contributed by atoms with Crippen LogP contribution in [0.4, 0.5) is 8.78 Å². The van der Waals surface area contributed by atoms with Crippen LogP contribution in [-0.4, -0.2) is 41.4 Å². The second kappa shape index (κ2) is 6.20. The van der Waals surface area contributed by atoms with Crippen LogP contribution < -0.4 is 0 Å². The lowest BCUT2D eigenvalue weighted by Gasteiger charge is -2.18. The minimum atomic E-state index is -2.11. The van der Waals surface area contributed by atoms with Gasteiger partial charge < -0.3 is 5.11 Å². The molecule has 3 unspecified atom stereocenters. The number of aliphatic hydroxyl groups is 1. The molecule has 1 N–H and O–H groups in total. The number of hydrogen-bond acceptors (Lipinski definition) is 7. The van der Waals surface area contributed by atoms with E-state index in [1.54, 1.807) is 12.3 Å². The van der Waals surface area contributed by atoms with Crippen LogP contribution in [0.5, 0.6) is 0 Å². The average molecular weight is 324 g/mol. The molecule has 22 heavy (non-hydrogen) atoms. The van der Waals surface area contributed by atoms with Crippen LogP contribution in [0.1, 0.15) is 18.2 Å². The molecule has 7 nitrogen and oxygen atoms in total. The van der Waals surface area contributed by atoms with Crippen molar-refractivity contribution in [3.8, 4) is 10.6 Å². The molecule has 0 saturated carbocycles. The van der Waals surface area contributed by atoms with Gasteiger partial charge in [-0.1, -0.05) is 0 Å². The van der Waals surface area contributed by atoms with Crippen LogP contribution in [-0.2, 0) is 0 Å². The van der Waals surface area contributed by atoms with Gasteiger partial charge in [0.2, 0.25) is 6.30 Å². The van der Waals surface area contributed by atoms with Gasteiger partial charge in [-0.15, -0.1) is 16.4 Å². The molecule has 3 atom stereocenters. The normalized spacial score (nSPS) is 15.4. The van der Waals surface area contributed by atoms with E-state index in [9.17, 15) is 13.9 Å². The maximum Gasteiger partial charge on any atom is 0.224 e. The predicted molar refractivity (Wildman–Crippen MR) is 73.2 cm³/mol. The van der Waals surface area contributed by atoms with Gasteiger partial charge in [-0.05, 0) is 22.6 Å². The van der Waals surface area contributed by atoms with Gasteiger partial charge in [0.1, 0.15) is 17.4 Å². The molecule has 10 heteroatoms. The Labute approximate surface area is 127 Å². The number of alkyl halides is 2. The number of aromatic nitrogens is 6. The predicted octanol–water partition coefficient (Wildman–Crippen LogP) is 1.73. The summed E-state index contributed by atoms with van der Waals surface area (Å²) in [7, 11) is 0. The van der Waals surface area contributed by atoms with Crippen LogP contribution in [0, 0.1) is 0 Å². The summed E-state index contributed by atoms with van der Waals surface area (Å²) in [4.78, 5) is 8.03. The summed E-state index contributed by atoms with van der Waals surface area (Å²) in [6, 6.07) is 3.00. The van der Waals surface area contributed by atoms with Gasteiger partial charge in [-0.25, -0.2) is 13.8 Å². The van der Waals surface area contributed by atoms with Gasteiger partial charge in [0.15, 0.2) is 6.17 Å². The fourth-order valence-electron chi connectivity index (χ4n) is 1.81. The van der Waals surface area contributed by atoms with Crippen molar-refractivity contribution >= 4 is 11.3 Å². The molecule has 0 aliphatic heterocycles. The van der Waals surface area contributed by atoms with E-state index < -0.39 is 18.6 Å². The standard InChI is InChI=1S/C12H10F2N6OS/c13-9(10(21)11(14)20-6-17-18-19-20)8-2-1-7(5-16-8)12-15-3-4-22-12/h1-6,9-11,21H. The summed E-state index contributed by atoms with van der Waals surface area (Å²) in [6.07, 6.45) is -2.05. The average Bonchev–Trinajstić information content (AvgIpc) is 3.26. The second-order valence-corrected chi connectivity index (χ2v) is 5.26. The number of halogens is 2. The lowest BCUT2D eigenvalue weighted by atomic mass is 10.1. The monoisotopic (exact) mass is 324 g/mol. The van der Waals surface area contributed by atoms with Crippen LogP contribution in [0.3, 0.4) is 0 Å². The van der Waals surface area contributed by atoms with Crippen molar-refractivity contribution in [2.24, 2.45) is 0 Å². The molecule has 3 aromatic rings.